The Labute approximate surface area is 114 Å². The predicted molar refractivity (Wildman–Crippen MR) is 77.3 cm³/mol. The molecule has 0 bridgehead atoms. The molecule has 1 aromatic carbocycles. The molecule has 0 aliphatic carbocycles. The van der Waals surface area contributed by atoms with Crippen molar-refractivity contribution in [1.82, 2.24) is 4.98 Å². The number of halogens is 1. The van der Waals surface area contributed by atoms with Gasteiger partial charge in [0.2, 0.25) is 0 Å². The minimum atomic E-state index is 0.165. The van der Waals surface area contributed by atoms with Crippen molar-refractivity contribution in [3.8, 4) is 10.4 Å². The molecule has 0 fully saturated rings. The molecule has 17 heavy (non-hydrogen) atoms. The van der Waals surface area contributed by atoms with E-state index >= 15 is 0 Å². The van der Waals surface area contributed by atoms with Gasteiger partial charge < -0.3 is 5.73 Å². The molecule has 1 unspecified atom stereocenters. The molecule has 0 saturated heterocycles. The van der Waals surface area contributed by atoms with Crippen LogP contribution in [0, 0.1) is 6.92 Å². The second kappa shape index (κ2) is 5.29. The number of aryl methyl sites for hydroxylation is 1. The van der Waals surface area contributed by atoms with Crippen molar-refractivity contribution in [2.75, 3.05) is 0 Å². The average Bonchev–Trinajstić information content (AvgIpc) is 2.59. The Morgan fingerprint density at radius 1 is 1.35 bits per heavy atom. The number of aromatic nitrogens is 1. The fourth-order valence-corrected chi connectivity index (χ4v) is 3.16. The Bertz CT molecular complexity index is 503. The molecule has 0 aliphatic rings. The molecular formula is C13H15BrN2S. The van der Waals surface area contributed by atoms with Gasteiger partial charge in [0.15, 0.2) is 0 Å². The third-order valence-corrected chi connectivity index (χ3v) is 4.20. The normalized spacial score (nSPS) is 12.7. The summed E-state index contributed by atoms with van der Waals surface area (Å²) in [6, 6.07) is 8.50. The summed E-state index contributed by atoms with van der Waals surface area (Å²) in [4.78, 5) is 5.82. The van der Waals surface area contributed by atoms with Crippen LogP contribution in [0.2, 0.25) is 0 Å². The summed E-state index contributed by atoms with van der Waals surface area (Å²) in [6.45, 7) is 4.06. The Kier molecular flexibility index (Phi) is 3.97. The van der Waals surface area contributed by atoms with E-state index in [0.29, 0.717) is 0 Å². The quantitative estimate of drug-likeness (QED) is 0.937. The Balaban J connectivity index is 2.32. The first-order valence-corrected chi connectivity index (χ1v) is 7.15. The molecule has 0 spiro atoms. The fraction of sp³-hybridized carbons (Fsp3) is 0.308. The summed E-state index contributed by atoms with van der Waals surface area (Å²) >= 11 is 5.19. The van der Waals surface area contributed by atoms with E-state index in [0.717, 1.165) is 21.6 Å². The smallest absolute Gasteiger partial charge is 0.0949 e. The number of nitrogens with zero attached hydrogens (tertiary/aromatic N) is 1. The molecular weight excluding hydrogens is 296 g/mol. The van der Waals surface area contributed by atoms with E-state index in [9.17, 15) is 0 Å². The predicted octanol–water partition coefficient (Wildman–Crippen LogP) is 3.77. The maximum absolute atomic E-state index is 5.80. The third kappa shape index (κ3) is 3.15. The molecule has 2 rings (SSSR count). The van der Waals surface area contributed by atoms with Crippen LogP contribution in [0.15, 0.2) is 28.7 Å². The van der Waals surface area contributed by atoms with Gasteiger partial charge in [-0.2, -0.15) is 0 Å². The lowest BCUT2D eigenvalue weighted by Crippen LogP contribution is -2.17. The zero-order chi connectivity index (χ0) is 12.4. The highest BCUT2D eigenvalue weighted by Gasteiger charge is 2.10. The summed E-state index contributed by atoms with van der Waals surface area (Å²) < 4.78 is 1.10. The van der Waals surface area contributed by atoms with Crippen LogP contribution in [0.3, 0.4) is 0 Å². The molecule has 1 atom stereocenters. The molecule has 1 heterocycles. The van der Waals surface area contributed by atoms with Gasteiger partial charge in [-0.05, 0) is 31.5 Å². The molecule has 2 nitrogen and oxygen atoms in total. The minimum absolute atomic E-state index is 0.165. The maximum atomic E-state index is 5.80. The van der Waals surface area contributed by atoms with Crippen molar-refractivity contribution in [3.63, 3.8) is 0 Å². The van der Waals surface area contributed by atoms with E-state index in [1.165, 1.54) is 10.4 Å². The summed E-state index contributed by atoms with van der Waals surface area (Å²) in [7, 11) is 0. The van der Waals surface area contributed by atoms with Gasteiger partial charge in [-0.25, -0.2) is 4.98 Å². The largest absolute Gasteiger partial charge is 0.328 e. The van der Waals surface area contributed by atoms with Crippen LogP contribution in [-0.2, 0) is 6.42 Å². The van der Waals surface area contributed by atoms with Crippen molar-refractivity contribution in [3.05, 3.63) is 39.4 Å². The zero-order valence-corrected chi connectivity index (χ0v) is 12.3. The molecule has 0 amide bonds. The number of hydrogen-bond acceptors (Lipinski definition) is 3. The van der Waals surface area contributed by atoms with Gasteiger partial charge in [-0.3, -0.25) is 0 Å². The monoisotopic (exact) mass is 310 g/mol. The number of hydrogen-bond donors (Lipinski definition) is 1. The first kappa shape index (κ1) is 12.7. The summed E-state index contributed by atoms with van der Waals surface area (Å²) in [5.74, 6) is 0. The summed E-state index contributed by atoms with van der Waals surface area (Å²) in [6.07, 6.45) is 0.849. The topological polar surface area (TPSA) is 38.9 Å². The van der Waals surface area contributed by atoms with Crippen molar-refractivity contribution < 1.29 is 0 Å². The van der Waals surface area contributed by atoms with E-state index in [2.05, 4.69) is 52.1 Å². The lowest BCUT2D eigenvalue weighted by atomic mass is 10.2. The minimum Gasteiger partial charge on any atom is -0.328 e. The van der Waals surface area contributed by atoms with Gasteiger partial charge in [-0.1, -0.05) is 28.1 Å². The van der Waals surface area contributed by atoms with Crippen LogP contribution < -0.4 is 5.73 Å². The first-order valence-electron chi connectivity index (χ1n) is 5.54. The number of nitrogens with two attached hydrogens (primary N) is 1. The highest BCUT2D eigenvalue weighted by molar-refractivity contribution is 9.10. The van der Waals surface area contributed by atoms with E-state index in [1.54, 1.807) is 11.3 Å². The van der Waals surface area contributed by atoms with Crippen LogP contribution in [0.5, 0.6) is 0 Å². The standard InChI is InChI=1S/C13H15BrN2S/c1-8(15)7-12-16-9(2)13(17-12)10-3-5-11(14)6-4-10/h3-6,8H,7,15H2,1-2H3. The summed E-state index contributed by atoms with van der Waals surface area (Å²) in [5, 5.41) is 1.12. The van der Waals surface area contributed by atoms with E-state index in [-0.39, 0.29) is 6.04 Å². The molecule has 2 N–H and O–H groups in total. The van der Waals surface area contributed by atoms with Crippen molar-refractivity contribution in [2.45, 2.75) is 26.3 Å². The van der Waals surface area contributed by atoms with Crippen LogP contribution >= 0.6 is 27.3 Å². The number of thiazole rings is 1. The molecule has 0 saturated carbocycles. The van der Waals surface area contributed by atoms with Crippen LogP contribution in [0.1, 0.15) is 17.6 Å². The lowest BCUT2D eigenvalue weighted by molar-refractivity contribution is 0.732. The SMILES string of the molecule is Cc1nc(CC(C)N)sc1-c1ccc(Br)cc1. The summed E-state index contributed by atoms with van der Waals surface area (Å²) in [5.41, 5.74) is 8.11. The molecule has 1 aromatic heterocycles. The van der Waals surface area contributed by atoms with Gasteiger partial charge in [0, 0.05) is 16.9 Å². The highest BCUT2D eigenvalue weighted by atomic mass is 79.9. The second-order valence-corrected chi connectivity index (χ2v) is 6.21. The van der Waals surface area contributed by atoms with Gasteiger partial charge in [0.25, 0.3) is 0 Å². The Morgan fingerprint density at radius 3 is 2.59 bits per heavy atom. The zero-order valence-electron chi connectivity index (χ0n) is 9.90. The van der Waals surface area contributed by atoms with E-state index < -0.39 is 0 Å². The van der Waals surface area contributed by atoms with E-state index in [1.807, 2.05) is 6.92 Å². The molecule has 4 heteroatoms. The van der Waals surface area contributed by atoms with Crippen LogP contribution in [0.4, 0.5) is 0 Å². The molecule has 2 aromatic rings. The highest BCUT2D eigenvalue weighted by Crippen LogP contribution is 2.31. The van der Waals surface area contributed by atoms with Crippen molar-refractivity contribution in [2.24, 2.45) is 5.73 Å². The van der Waals surface area contributed by atoms with Crippen LogP contribution in [0.25, 0.3) is 10.4 Å². The lowest BCUT2D eigenvalue weighted by Gasteiger charge is -1.99. The Hall–Kier alpha value is -0.710. The van der Waals surface area contributed by atoms with Gasteiger partial charge in [-0.15, -0.1) is 11.3 Å². The second-order valence-electron chi connectivity index (χ2n) is 4.21. The Morgan fingerprint density at radius 2 is 2.00 bits per heavy atom. The van der Waals surface area contributed by atoms with Crippen molar-refractivity contribution >= 4 is 27.3 Å². The maximum Gasteiger partial charge on any atom is 0.0949 e. The average molecular weight is 311 g/mol. The molecule has 0 radical (unpaired) electrons. The molecule has 0 aliphatic heterocycles. The number of rotatable bonds is 3. The van der Waals surface area contributed by atoms with Crippen LogP contribution in [-0.4, -0.2) is 11.0 Å². The van der Waals surface area contributed by atoms with E-state index in [4.69, 9.17) is 5.73 Å². The number of benzene rings is 1. The van der Waals surface area contributed by atoms with Gasteiger partial charge in [0.05, 0.1) is 15.6 Å². The first-order chi connectivity index (χ1) is 8.06. The van der Waals surface area contributed by atoms with Gasteiger partial charge >= 0.3 is 0 Å². The van der Waals surface area contributed by atoms with Crippen molar-refractivity contribution in [1.29, 1.82) is 0 Å². The van der Waals surface area contributed by atoms with Gasteiger partial charge in [0.1, 0.15) is 0 Å². The third-order valence-electron chi connectivity index (χ3n) is 2.44. The fourth-order valence-electron chi connectivity index (χ4n) is 1.68. The molecule has 90 valence electrons.